The zero-order valence-corrected chi connectivity index (χ0v) is 12.5. The summed E-state index contributed by atoms with van der Waals surface area (Å²) in [7, 11) is 0. The fourth-order valence-corrected chi connectivity index (χ4v) is 2.80. The molecule has 0 saturated carbocycles. The molecule has 19 heavy (non-hydrogen) atoms. The first kappa shape index (κ1) is 14.9. The zero-order valence-electron chi connectivity index (χ0n) is 10.9. The van der Waals surface area contributed by atoms with Crippen LogP contribution in [0.25, 0.3) is 0 Å². The van der Waals surface area contributed by atoms with E-state index in [4.69, 9.17) is 5.11 Å². The molecule has 0 amide bonds. The second-order valence-electron chi connectivity index (χ2n) is 4.84. The Bertz CT molecular complexity index is 410. The maximum Gasteiger partial charge on any atom is 0.137 e. The maximum atomic E-state index is 13.7. The summed E-state index contributed by atoms with van der Waals surface area (Å²) in [5.41, 5.74) is 0.996. The molecule has 1 aromatic carbocycles. The zero-order chi connectivity index (χ0) is 13.7. The average molecular weight is 331 g/mol. The van der Waals surface area contributed by atoms with E-state index in [-0.39, 0.29) is 18.5 Å². The van der Waals surface area contributed by atoms with Gasteiger partial charge in [0.15, 0.2) is 0 Å². The number of hydrogen-bond donors (Lipinski definition) is 2. The minimum absolute atomic E-state index is 0.182. The van der Waals surface area contributed by atoms with E-state index in [9.17, 15) is 4.39 Å². The highest BCUT2D eigenvalue weighted by molar-refractivity contribution is 9.10. The van der Waals surface area contributed by atoms with Gasteiger partial charge in [-0.25, -0.2) is 4.39 Å². The number of nitrogens with one attached hydrogen (secondary N) is 1. The molecular formula is C14H20BrFN2O. The summed E-state index contributed by atoms with van der Waals surface area (Å²) in [4.78, 5) is 2.37. The smallest absolute Gasteiger partial charge is 0.137 e. The Kier molecular flexibility index (Phi) is 5.76. The molecule has 5 heteroatoms. The molecule has 1 aliphatic rings. The van der Waals surface area contributed by atoms with E-state index in [0.29, 0.717) is 4.47 Å². The molecule has 1 heterocycles. The summed E-state index contributed by atoms with van der Waals surface area (Å²) in [5, 5.41) is 12.4. The lowest BCUT2D eigenvalue weighted by Gasteiger charge is -2.35. The van der Waals surface area contributed by atoms with Crippen LogP contribution in [0.3, 0.4) is 0 Å². The third kappa shape index (κ3) is 3.99. The molecule has 2 N–H and O–H groups in total. The monoisotopic (exact) mass is 330 g/mol. The average Bonchev–Trinajstić information content (AvgIpc) is 2.44. The van der Waals surface area contributed by atoms with Gasteiger partial charge in [0.25, 0.3) is 0 Å². The van der Waals surface area contributed by atoms with Gasteiger partial charge >= 0.3 is 0 Å². The van der Waals surface area contributed by atoms with Crippen molar-refractivity contribution in [3.63, 3.8) is 0 Å². The summed E-state index contributed by atoms with van der Waals surface area (Å²) >= 11 is 3.19. The summed E-state index contributed by atoms with van der Waals surface area (Å²) in [5.74, 6) is -0.221. The maximum absolute atomic E-state index is 13.7. The van der Waals surface area contributed by atoms with Crippen LogP contribution >= 0.6 is 15.9 Å². The summed E-state index contributed by atoms with van der Waals surface area (Å²) in [6, 6.07) is 5.53. The van der Waals surface area contributed by atoms with Crippen molar-refractivity contribution >= 4 is 15.9 Å². The van der Waals surface area contributed by atoms with E-state index in [1.807, 2.05) is 6.07 Å². The summed E-state index contributed by atoms with van der Waals surface area (Å²) in [6.07, 6.45) is 1.60. The number of piperazine rings is 1. The van der Waals surface area contributed by atoms with E-state index in [2.05, 4.69) is 26.1 Å². The Hall–Kier alpha value is -0.490. The first-order valence-electron chi connectivity index (χ1n) is 6.73. The van der Waals surface area contributed by atoms with Crippen LogP contribution < -0.4 is 5.32 Å². The number of aliphatic hydroxyl groups is 1. The van der Waals surface area contributed by atoms with Crippen molar-refractivity contribution in [1.29, 1.82) is 0 Å². The van der Waals surface area contributed by atoms with Crippen molar-refractivity contribution in [2.45, 2.75) is 18.9 Å². The lowest BCUT2D eigenvalue weighted by atomic mass is 9.99. The van der Waals surface area contributed by atoms with Crippen LogP contribution in [-0.2, 0) is 0 Å². The number of hydrogen-bond acceptors (Lipinski definition) is 3. The van der Waals surface area contributed by atoms with Crippen LogP contribution in [0, 0.1) is 5.82 Å². The molecule has 0 unspecified atom stereocenters. The van der Waals surface area contributed by atoms with E-state index < -0.39 is 0 Å². The van der Waals surface area contributed by atoms with Crippen molar-refractivity contribution < 1.29 is 9.50 Å². The second-order valence-corrected chi connectivity index (χ2v) is 5.70. The van der Waals surface area contributed by atoms with Crippen molar-refractivity contribution in [3.8, 4) is 0 Å². The van der Waals surface area contributed by atoms with E-state index in [1.54, 1.807) is 12.1 Å². The van der Waals surface area contributed by atoms with Crippen LogP contribution in [0.1, 0.15) is 24.4 Å². The third-order valence-electron chi connectivity index (χ3n) is 3.56. The lowest BCUT2D eigenvalue weighted by molar-refractivity contribution is 0.154. The van der Waals surface area contributed by atoms with Crippen molar-refractivity contribution in [2.75, 3.05) is 32.8 Å². The summed E-state index contributed by atoms with van der Waals surface area (Å²) < 4.78 is 14.2. The van der Waals surface area contributed by atoms with Crippen molar-refractivity contribution in [3.05, 3.63) is 34.1 Å². The molecule has 1 atom stereocenters. The van der Waals surface area contributed by atoms with E-state index in [0.717, 1.165) is 44.6 Å². The Morgan fingerprint density at radius 2 is 2.11 bits per heavy atom. The summed E-state index contributed by atoms with van der Waals surface area (Å²) in [6.45, 7) is 4.05. The van der Waals surface area contributed by atoms with E-state index >= 15 is 0 Å². The predicted molar refractivity (Wildman–Crippen MR) is 77.6 cm³/mol. The van der Waals surface area contributed by atoms with Gasteiger partial charge in [0.05, 0.1) is 4.47 Å². The van der Waals surface area contributed by atoms with Crippen LogP contribution in [-0.4, -0.2) is 42.8 Å². The quantitative estimate of drug-likeness (QED) is 0.869. The SMILES string of the molecule is OCCC[C@@H](c1ccc(Br)c(F)c1)N1CCNCC1. The lowest BCUT2D eigenvalue weighted by Crippen LogP contribution is -2.45. The van der Waals surface area contributed by atoms with Gasteiger partial charge in [-0.15, -0.1) is 0 Å². The Morgan fingerprint density at radius 1 is 1.37 bits per heavy atom. The number of halogens is 2. The topological polar surface area (TPSA) is 35.5 Å². The first-order chi connectivity index (χ1) is 9.22. The van der Waals surface area contributed by atoms with Crippen molar-refractivity contribution in [1.82, 2.24) is 10.2 Å². The van der Waals surface area contributed by atoms with Gasteiger partial charge in [-0.05, 0) is 46.5 Å². The highest BCUT2D eigenvalue weighted by atomic mass is 79.9. The number of nitrogens with zero attached hydrogens (tertiary/aromatic N) is 1. The van der Waals surface area contributed by atoms with Gasteiger partial charge in [0, 0.05) is 38.8 Å². The molecule has 2 rings (SSSR count). The Morgan fingerprint density at radius 3 is 2.74 bits per heavy atom. The number of aliphatic hydroxyl groups excluding tert-OH is 1. The van der Waals surface area contributed by atoms with Gasteiger partial charge in [0.2, 0.25) is 0 Å². The van der Waals surface area contributed by atoms with Crippen LogP contribution in [0.15, 0.2) is 22.7 Å². The molecule has 0 spiro atoms. The highest BCUT2D eigenvalue weighted by Crippen LogP contribution is 2.28. The molecule has 0 aliphatic carbocycles. The first-order valence-corrected chi connectivity index (χ1v) is 7.52. The van der Waals surface area contributed by atoms with Crippen LogP contribution in [0.2, 0.25) is 0 Å². The minimum Gasteiger partial charge on any atom is -0.396 e. The standard InChI is InChI=1S/C14H20BrFN2O/c15-12-4-3-11(10-13(12)16)14(2-1-9-19)18-7-5-17-6-8-18/h3-4,10,14,17,19H,1-2,5-9H2/t14-/m0/s1. The molecule has 106 valence electrons. The van der Waals surface area contributed by atoms with Gasteiger partial charge in [-0.1, -0.05) is 6.07 Å². The normalized spacial score (nSPS) is 18.5. The molecule has 1 aliphatic heterocycles. The second kappa shape index (κ2) is 7.33. The molecule has 3 nitrogen and oxygen atoms in total. The molecule has 0 bridgehead atoms. The predicted octanol–water partition coefficient (Wildman–Crippen LogP) is 2.31. The number of benzene rings is 1. The molecule has 1 aromatic rings. The van der Waals surface area contributed by atoms with Gasteiger partial charge in [-0.3, -0.25) is 4.90 Å². The van der Waals surface area contributed by atoms with Gasteiger partial charge in [0.1, 0.15) is 5.82 Å². The Balaban J connectivity index is 2.17. The number of rotatable bonds is 5. The van der Waals surface area contributed by atoms with Crippen LogP contribution in [0.5, 0.6) is 0 Å². The highest BCUT2D eigenvalue weighted by Gasteiger charge is 2.22. The molecule has 0 radical (unpaired) electrons. The molecule has 1 saturated heterocycles. The van der Waals surface area contributed by atoms with Gasteiger partial charge < -0.3 is 10.4 Å². The van der Waals surface area contributed by atoms with Crippen molar-refractivity contribution in [2.24, 2.45) is 0 Å². The third-order valence-corrected chi connectivity index (χ3v) is 4.20. The fraction of sp³-hybridized carbons (Fsp3) is 0.571. The van der Waals surface area contributed by atoms with E-state index in [1.165, 1.54) is 0 Å². The molecule has 1 fully saturated rings. The largest absolute Gasteiger partial charge is 0.396 e. The molecule has 0 aromatic heterocycles. The van der Waals surface area contributed by atoms with Crippen LogP contribution in [0.4, 0.5) is 4.39 Å². The van der Waals surface area contributed by atoms with Gasteiger partial charge in [-0.2, -0.15) is 0 Å². The minimum atomic E-state index is -0.221. The fourth-order valence-electron chi connectivity index (χ4n) is 2.56. The molecular weight excluding hydrogens is 311 g/mol. The Labute approximate surface area is 121 Å².